The van der Waals surface area contributed by atoms with Gasteiger partial charge in [0, 0.05) is 11.8 Å². The highest BCUT2D eigenvalue weighted by Crippen LogP contribution is 2.17. The van der Waals surface area contributed by atoms with Crippen molar-refractivity contribution >= 4 is 17.7 Å². The average Bonchev–Trinajstić information content (AvgIpc) is 2.57. The van der Waals surface area contributed by atoms with Crippen LogP contribution in [-0.4, -0.2) is 36.2 Å². The lowest BCUT2D eigenvalue weighted by molar-refractivity contribution is -0.145. The molecule has 3 nitrogen and oxygen atoms in total. The lowest BCUT2D eigenvalue weighted by atomic mass is 10.2. The van der Waals surface area contributed by atoms with E-state index in [0.717, 1.165) is 12.2 Å². The topological polar surface area (TPSA) is 38.3 Å². The van der Waals surface area contributed by atoms with E-state index in [9.17, 15) is 4.79 Å². The highest BCUT2D eigenvalue weighted by atomic mass is 32.2. The standard InChI is InChI=1S/C9H17NO2S/c1-3-12-9(11)7(2)10-8-4-5-13-6-8/h7-8,10H,3-6H2,1-2H3. The summed E-state index contributed by atoms with van der Waals surface area (Å²) in [5.41, 5.74) is 0. The maximum atomic E-state index is 11.2. The summed E-state index contributed by atoms with van der Waals surface area (Å²) in [5.74, 6) is 2.18. The zero-order valence-electron chi connectivity index (χ0n) is 8.21. The zero-order chi connectivity index (χ0) is 9.68. The predicted molar refractivity (Wildman–Crippen MR) is 55.0 cm³/mol. The number of hydrogen-bond acceptors (Lipinski definition) is 4. The molecule has 13 heavy (non-hydrogen) atoms. The summed E-state index contributed by atoms with van der Waals surface area (Å²) < 4.78 is 4.91. The molecule has 0 radical (unpaired) electrons. The van der Waals surface area contributed by atoms with Crippen molar-refractivity contribution in [3.8, 4) is 0 Å². The first-order chi connectivity index (χ1) is 6.24. The Morgan fingerprint density at radius 3 is 3.08 bits per heavy atom. The number of ether oxygens (including phenoxy) is 1. The van der Waals surface area contributed by atoms with E-state index in [1.165, 1.54) is 5.75 Å². The lowest BCUT2D eigenvalue weighted by Gasteiger charge is -2.16. The number of carbonyl (C=O) groups excluding carboxylic acids is 1. The van der Waals surface area contributed by atoms with Gasteiger partial charge in [-0.15, -0.1) is 0 Å². The summed E-state index contributed by atoms with van der Waals surface area (Å²) in [6, 6.07) is 0.327. The lowest BCUT2D eigenvalue weighted by Crippen LogP contribution is -2.42. The van der Waals surface area contributed by atoms with Crippen LogP contribution in [0.15, 0.2) is 0 Å². The fraction of sp³-hybridized carbons (Fsp3) is 0.889. The minimum atomic E-state index is -0.163. The third kappa shape index (κ3) is 3.56. The van der Waals surface area contributed by atoms with Gasteiger partial charge in [0.25, 0.3) is 0 Å². The van der Waals surface area contributed by atoms with Gasteiger partial charge >= 0.3 is 5.97 Å². The molecule has 1 aliphatic heterocycles. The molecule has 0 aromatic carbocycles. The third-order valence-corrected chi connectivity index (χ3v) is 3.22. The van der Waals surface area contributed by atoms with Crippen molar-refractivity contribution < 1.29 is 9.53 Å². The van der Waals surface area contributed by atoms with Crippen LogP contribution in [0.3, 0.4) is 0 Å². The Bertz CT molecular complexity index is 169. The number of nitrogens with one attached hydrogen (secondary N) is 1. The van der Waals surface area contributed by atoms with Gasteiger partial charge in [0.05, 0.1) is 6.61 Å². The molecule has 0 bridgehead atoms. The maximum Gasteiger partial charge on any atom is 0.322 e. The summed E-state index contributed by atoms with van der Waals surface area (Å²) in [4.78, 5) is 11.2. The first-order valence-electron chi connectivity index (χ1n) is 4.74. The molecule has 0 amide bonds. The predicted octanol–water partition coefficient (Wildman–Crippen LogP) is 1.03. The van der Waals surface area contributed by atoms with Crippen LogP contribution in [0.5, 0.6) is 0 Å². The Morgan fingerprint density at radius 1 is 1.77 bits per heavy atom. The summed E-state index contributed by atoms with van der Waals surface area (Å²) in [7, 11) is 0. The summed E-state index contributed by atoms with van der Waals surface area (Å²) in [6.45, 7) is 4.15. The molecule has 1 aliphatic rings. The van der Waals surface area contributed by atoms with Crippen LogP contribution in [0.1, 0.15) is 20.3 Å². The molecule has 0 aromatic heterocycles. The number of rotatable bonds is 4. The number of thioether (sulfide) groups is 1. The Morgan fingerprint density at radius 2 is 2.54 bits per heavy atom. The molecule has 1 rings (SSSR count). The maximum absolute atomic E-state index is 11.2. The van der Waals surface area contributed by atoms with Crippen molar-refractivity contribution in [2.45, 2.75) is 32.4 Å². The number of hydrogen-bond donors (Lipinski definition) is 1. The molecule has 0 aromatic rings. The SMILES string of the molecule is CCOC(=O)C(C)NC1CCSC1. The Balaban J connectivity index is 2.22. The molecule has 1 fully saturated rings. The Labute approximate surface area is 83.6 Å². The monoisotopic (exact) mass is 203 g/mol. The fourth-order valence-corrected chi connectivity index (χ4v) is 2.52. The minimum Gasteiger partial charge on any atom is -0.465 e. The van der Waals surface area contributed by atoms with Gasteiger partial charge in [-0.2, -0.15) is 11.8 Å². The van der Waals surface area contributed by atoms with E-state index < -0.39 is 0 Å². The second kappa shape index (κ2) is 5.50. The van der Waals surface area contributed by atoms with Crippen LogP contribution in [0.4, 0.5) is 0 Å². The molecule has 2 unspecified atom stereocenters. The molecule has 4 heteroatoms. The second-order valence-electron chi connectivity index (χ2n) is 3.20. The highest BCUT2D eigenvalue weighted by Gasteiger charge is 2.21. The number of carbonyl (C=O) groups is 1. The normalized spacial score (nSPS) is 24.3. The van der Waals surface area contributed by atoms with Crippen molar-refractivity contribution in [1.82, 2.24) is 5.32 Å². The quantitative estimate of drug-likeness (QED) is 0.693. The fourth-order valence-electron chi connectivity index (χ4n) is 1.35. The van der Waals surface area contributed by atoms with Crippen molar-refractivity contribution in [1.29, 1.82) is 0 Å². The largest absolute Gasteiger partial charge is 0.465 e. The molecule has 2 atom stereocenters. The molecular weight excluding hydrogens is 186 g/mol. The zero-order valence-corrected chi connectivity index (χ0v) is 9.02. The van der Waals surface area contributed by atoms with E-state index in [2.05, 4.69) is 5.32 Å². The average molecular weight is 203 g/mol. The van der Waals surface area contributed by atoms with Crippen molar-refractivity contribution in [2.75, 3.05) is 18.1 Å². The van der Waals surface area contributed by atoms with Gasteiger partial charge in [0.2, 0.25) is 0 Å². The van der Waals surface area contributed by atoms with E-state index in [1.807, 2.05) is 25.6 Å². The Kier molecular flexibility index (Phi) is 4.59. The van der Waals surface area contributed by atoms with Gasteiger partial charge < -0.3 is 10.1 Å². The molecule has 1 heterocycles. The van der Waals surface area contributed by atoms with Gasteiger partial charge in [-0.1, -0.05) is 0 Å². The summed E-state index contributed by atoms with van der Waals surface area (Å²) in [5, 5.41) is 3.27. The Hall–Kier alpha value is -0.220. The van der Waals surface area contributed by atoms with Crippen LogP contribution >= 0.6 is 11.8 Å². The smallest absolute Gasteiger partial charge is 0.322 e. The molecule has 0 spiro atoms. The molecule has 1 saturated heterocycles. The van der Waals surface area contributed by atoms with Crippen LogP contribution in [0, 0.1) is 0 Å². The first-order valence-corrected chi connectivity index (χ1v) is 5.90. The van der Waals surface area contributed by atoms with Gasteiger partial charge in [-0.3, -0.25) is 4.79 Å². The van der Waals surface area contributed by atoms with E-state index in [4.69, 9.17) is 4.74 Å². The molecule has 0 saturated carbocycles. The number of esters is 1. The van der Waals surface area contributed by atoms with E-state index >= 15 is 0 Å². The van der Waals surface area contributed by atoms with Gasteiger partial charge in [0.15, 0.2) is 0 Å². The third-order valence-electron chi connectivity index (χ3n) is 2.06. The molecular formula is C9H17NO2S. The highest BCUT2D eigenvalue weighted by molar-refractivity contribution is 7.99. The van der Waals surface area contributed by atoms with Crippen molar-refractivity contribution in [3.05, 3.63) is 0 Å². The minimum absolute atomic E-state index is 0.139. The van der Waals surface area contributed by atoms with Gasteiger partial charge in [-0.25, -0.2) is 0 Å². The van der Waals surface area contributed by atoms with Gasteiger partial charge in [-0.05, 0) is 26.0 Å². The van der Waals surface area contributed by atoms with E-state index in [1.54, 1.807) is 0 Å². The molecule has 1 N–H and O–H groups in total. The van der Waals surface area contributed by atoms with Crippen molar-refractivity contribution in [2.24, 2.45) is 0 Å². The van der Waals surface area contributed by atoms with Crippen LogP contribution in [0.2, 0.25) is 0 Å². The van der Waals surface area contributed by atoms with Crippen LogP contribution in [0.25, 0.3) is 0 Å². The summed E-state index contributed by atoms with van der Waals surface area (Å²) >= 11 is 1.93. The molecule has 0 aliphatic carbocycles. The first kappa shape index (κ1) is 10.9. The summed E-state index contributed by atoms with van der Waals surface area (Å²) in [6.07, 6.45) is 1.16. The van der Waals surface area contributed by atoms with E-state index in [-0.39, 0.29) is 12.0 Å². The molecule has 76 valence electrons. The second-order valence-corrected chi connectivity index (χ2v) is 4.35. The van der Waals surface area contributed by atoms with E-state index in [0.29, 0.717) is 12.6 Å². The van der Waals surface area contributed by atoms with Gasteiger partial charge in [0.1, 0.15) is 6.04 Å². The van der Waals surface area contributed by atoms with Crippen LogP contribution in [-0.2, 0) is 9.53 Å². The van der Waals surface area contributed by atoms with Crippen molar-refractivity contribution in [3.63, 3.8) is 0 Å². The van der Waals surface area contributed by atoms with Crippen LogP contribution < -0.4 is 5.32 Å².